The van der Waals surface area contributed by atoms with Gasteiger partial charge in [-0.1, -0.05) is 0 Å². The van der Waals surface area contributed by atoms with Crippen molar-refractivity contribution >= 4 is 55.7 Å². The van der Waals surface area contributed by atoms with Crippen LogP contribution in [-0.2, 0) is 46.6 Å². The van der Waals surface area contributed by atoms with Gasteiger partial charge in [-0.3, -0.25) is 0 Å². The van der Waals surface area contributed by atoms with Crippen LogP contribution in [0, 0.1) is 10.8 Å². The summed E-state index contributed by atoms with van der Waals surface area (Å²) in [5, 5.41) is 0. The second kappa shape index (κ2) is 19.1. The Hall–Kier alpha value is -0.497. The Labute approximate surface area is 407 Å². The van der Waals surface area contributed by atoms with Crippen LogP contribution in [0.5, 0.6) is 0 Å². The van der Waals surface area contributed by atoms with Crippen molar-refractivity contribution in [1.29, 1.82) is 0 Å². The quantitative estimate of drug-likeness (QED) is 0.124. The van der Waals surface area contributed by atoms with Crippen LogP contribution in [0.2, 0.25) is 7.50 Å². The van der Waals surface area contributed by atoms with Gasteiger partial charge in [-0.05, 0) is 0 Å². The molecule has 4 aromatic rings. The first-order valence-electron chi connectivity index (χ1n) is 24.3. The third kappa shape index (κ3) is 10.9. The summed E-state index contributed by atoms with van der Waals surface area (Å²) in [5.74, 6) is 0. The minimum absolute atomic E-state index is 0.113. The molecule has 2 fully saturated rings. The molecule has 2 saturated carbocycles. The molecule has 8 rings (SSSR count). The molecule has 4 aliphatic rings. The Morgan fingerprint density at radius 3 is 1.19 bits per heavy atom. The number of hydrogen-bond acceptors (Lipinski definition) is 0. The summed E-state index contributed by atoms with van der Waals surface area (Å²) in [5.41, 5.74) is 17.2. The Balaban J connectivity index is 1.09. The van der Waals surface area contributed by atoms with Crippen LogP contribution in [0.25, 0.3) is 34.4 Å². The van der Waals surface area contributed by atoms with Crippen molar-refractivity contribution < 1.29 is 35.8 Å². The summed E-state index contributed by atoms with van der Waals surface area (Å²) < 4.78 is 2.31. The Kier molecular flexibility index (Phi) is 14.9. The van der Waals surface area contributed by atoms with Gasteiger partial charge in [-0.15, -0.1) is 0 Å². The molecule has 0 spiro atoms. The van der Waals surface area contributed by atoms with Crippen molar-refractivity contribution in [3.8, 4) is 22.3 Å². The van der Waals surface area contributed by atoms with E-state index in [1.165, 1.54) is 131 Å². The van der Waals surface area contributed by atoms with Gasteiger partial charge in [-0.25, -0.2) is 0 Å². The third-order valence-corrected chi connectivity index (χ3v) is 58.8. The molecule has 0 saturated heterocycles. The normalized spacial score (nSPS) is 21.3. The first kappa shape index (κ1) is 48.9. The molecule has 2 atom stereocenters. The molecule has 0 aliphatic heterocycles. The van der Waals surface area contributed by atoms with Crippen molar-refractivity contribution in [2.75, 3.05) is 0 Å². The number of fused-ring (bicyclic) bond motifs is 2. The molecule has 336 valence electrons. The SMILES string of the molecule is CC1(CC2=Cc3c(-c4ccc(C(C)(C)C)cc4)cccc3[CH]2[Zr]([Cl])([Cl])[CH2][SiH2][CH2][Zr]([Cl])([Cl])[CH]2C(CC3(C)CCCCC3)=Cc3c(-c4ccc(C(C)(C)C)cc4)cccc32)CCCCC1. The van der Waals surface area contributed by atoms with Gasteiger partial charge < -0.3 is 0 Å². The molecule has 0 N–H and O–H groups in total. The van der Waals surface area contributed by atoms with Crippen molar-refractivity contribution in [2.24, 2.45) is 10.8 Å². The monoisotopic (exact) mass is 1090 g/mol. The summed E-state index contributed by atoms with van der Waals surface area (Å²) in [6.45, 7) is 18.8. The van der Waals surface area contributed by atoms with E-state index in [0.717, 1.165) is 20.3 Å². The van der Waals surface area contributed by atoms with Crippen molar-refractivity contribution in [3.63, 3.8) is 0 Å². The second-order valence-corrected chi connectivity index (χ2v) is 60.7. The summed E-state index contributed by atoms with van der Waals surface area (Å²) in [6.07, 6.45) is 20.4. The molecule has 0 heterocycles. The number of rotatable bonds is 12. The molecule has 0 aromatic heterocycles. The van der Waals surface area contributed by atoms with Gasteiger partial charge in [0.25, 0.3) is 0 Å². The van der Waals surface area contributed by atoms with E-state index >= 15 is 0 Å². The molecule has 2 unspecified atom stereocenters. The molecular formula is C56H72Cl4SiZr2. The Morgan fingerprint density at radius 1 is 0.508 bits per heavy atom. The fourth-order valence-electron chi connectivity index (χ4n) is 12.0. The molecule has 0 bridgehead atoms. The van der Waals surface area contributed by atoms with Crippen LogP contribution in [0.4, 0.5) is 0 Å². The molecule has 63 heavy (non-hydrogen) atoms. The van der Waals surface area contributed by atoms with Gasteiger partial charge in [0, 0.05) is 0 Å². The van der Waals surface area contributed by atoms with Gasteiger partial charge in [0.05, 0.1) is 0 Å². The Bertz CT molecular complexity index is 2170. The molecular weight excluding hydrogens is 1020 g/mol. The first-order valence-corrected chi connectivity index (χ1v) is 45.3. The summed E-state index contributed by atoms with van der Waals surface area (Å²) in [6, 6.07) is 32.4. The van der Waals surface area contributed by atoms with Crippen LogP contribution >= 0.6 is 34.1 Å². The van der Waals surface area contributed by atoms with Crippen LogP contribution in [0.3, 0.4) is 0 Å². The van der Waals surface area contributed by atoms with Gasteiger partial charge in [0.15, 0.2) is 0 Å². The molecule has 0 nitrogen and oxygen atoms in total. The van der Waals surface area contributed by atoms with Crippen molar-refractivity contribution in [1.82, 2.24) is 0 Å². The number of benzene rings is 4. The Morgan fingerprint density at radius 2 is 0.857 bits per heavy atom. The second-order valence-electron chi connectivity index (χ2n) is 23.0. The standard InChI is InChI=1S/2C27H33.C2H6Si.4ClH.2Zr/c2*1-26(2,3)23-13-11-21(12-14-23)24-10-8-9-22-17-20(18-25(22)24)19-27(4)15-6-5-7-16-27;1-3-2;;;;;;/h2*8-14,17-18H,5-7,15-16,19H2,1-4H3;1-3H2;4*1H;;/q;;;;;;;2*+2/p-4. The zero-order valence-corrected chi connectivity index (χ0v) is 48.9. The summed E-state index contributed by atoms with van der Waals surface area (Å²) in [7, 11) is 31.5. The zero-order chi connectivity index (χ0) is 45.0. The van der Waals surface area contributed by atoms with Crippen molar-refractivity contribution in [2.45, 2.75) is 158 Å². The van der Waals surface area contributed by atoms with E-state index in [-0.39, 0.29) is 18.1 Å². The maximum atomic E-state index is 8.07. The first-order chi connectivity index (χ1) is 29.7. The van der Waals surface area contributed by atoms with E-state index in [2.05, 4.69) is 152 Å². The molecule has 0 amide bonds. The van der Waals surface area contributed by atoms with E-state index in [9.17, 15) is 0 Å². The summed E-state index contributed by atoms with van der Waals surface area (Å²) >= 11 is -7.71. The number of allylic oxidation sites excluding steroid dienone is 2. The predicted molar refractivity (Wildman–Crippen MR) is 276 cm³/mol. The van der Waals surface area contributed by atoms with E-state index < -0.39 is 45.3 Å². The molecule has 7 heteroatoms. The van der Waals surface area contributed by atoms with Crippen LogP contribution in [-0.4, -0.2) is 9.52 Å². The zero-order valence-electron chi connectivity index (χ0n) is 39.5. The number of halogens is 4. The van der Waals surface area contributed by atoms with Crippen LogP contribution < -0.4 is 0 Å². The van der Waals surface area contributed by atoms with Gasteiger partial charge >= 0.3 is 412 Å². The van der Waals surface area contributed by atoms with Crippen LogP contribution in [0.15, 0.2) is 96.1 Å². The van der Waals surface area contributed by atoms with Crippen LogP contribution in [0.1, 0.15) is 173 Å². The van der Waals surface area contributed by atoms with Gasteiger partial charge in [0.2, 0.25) is 0 Å². The summed E-state index contributed by atoms with van der Waals surface area (Å²) in [4.78, 5) is 0. The predicted octanol–water partition coefficient (Wildman–Crippen LogP) is 18.8. The molecule has 4 aromatic carbocycles. The molecule has 4 aliphatic carbocycles. The van der Waals surface area contributed by atoms with Crippen molar-refractivity contribution in [3.05, 3.63) is 129 Å². The minimum atomic E-state index is -3.85. The van der Waals surface area contributed by atoms with E-state index in [0.29, 0.717) is 10.8 Å². The average Bonchev–Trinajstić information content (AvgIpc) is 3.78. The topological polar surface area (TPSA) is 0 Å². The van der Waals surface area contributed by atoms with E-state index in [4.69, 9.17) is 34.1 Å². The van der Waals surface area contributed by atoms with E-state index in [1.54, 1.807) is 0 Å². The number of hydrogen-bond donors (Lipinski definition) is 0. The van der Waals surface area contributed by atoms with E-state index in [1.807, 2.05) is 0 Å². The van der Waals surface area contributed by atoms with Gasteiger partial charge in [-0.2, -0.15) is 0 Å². The third-order valence-electron chi connectivity index (χ3n) is 15.7. The average molecular weight is 1100 g/mol. The van der Waals surface area contributed by atoms with Gasteiger partial charge in [0.1, 0.15) is 0 Å². The maximum absolute atomic E-state index is 8.07. The fourth-order valence-corrected chi connectivity index (χ4v) is 56.6. The molecule has 0 radical (unpaired) electrons. The fraction of sp³-hybridized carbons (Fsp3) is 0.500.